The molecule has 1 saturated heterocycles. The van der Waals surface area contributed by atoms with Gasteiger partial charge in [-0.3, -0.25) is 4.79 Å². The van der Waals surface area contributed by atoms with Crippen LogP contribution in [0, 0.1) is 12.8 Å². The zero-order valence-corrected chi connectivity index (χ0v) is 11.0. The van der Waals surface area contributed by atoms with Gasteiger partial charge in [0.2, 0.25) is 0 Å². The fourth-order valence-corrected chi connectivity index (χ4v) is 2.88. The van der Waals surface area contributed by atoms with Gasteiger partial charge in [-0.1, -0.05) is 5.16 Å². The Bertz CT molecular complexity index is 463. The third-order valence-corrected chi connectivity index (χ3v) is 4.17. The highest BCUT2D eigenvalue weighted by molar-refractivity contribution is 7.11. The third-order valence-electron chi connectivity index (χ3n) is 3.26. The summed E-state index contributed by atoms with van der Waals surface area (Å²) in [6.45, 7) is 3.11. The zero-order chi connectivity index (χ0) is 13.1. The lowest BCUT2D eigenvalue weighted by molar-refractivity contribution is 0.0713. The summed E-state index contributed by atoms with van der Waals surface area (Å²) in [5.74, 6) is 0.366. The van der Waals surface area contributed by atoms with Crippen molar-refractivity contribution in [2.24, 2.45) is 16.8 Å². The van der Waals surface area contributed by atoms with Gasteiger partial charge in [0.25, 0.3) is 5.91 Å². The minimum Gasteiger partial charge on any atom is -0.409 e. The van der Waals surface area contributed by atoms with Gasteiger partial charge < -0.3 is 15.8 Å². The van der Waals surface area contributed by atoms with Crippen molar-refractivity contribution in [3.8, 4) is 0 Å². The van der Waals surface area contributed by atoms with E-state index in [2.05, 4.69) is 10.1 Å². The average molecular weight is 268 g/mol. The number of hydrogen-bond donors (Lipinski definition) is 2. The molecule has 0 saturated carbocycles. The molecule has 1 fully saturated rings. The van der Waals surface area contributed by atoms with E-state index in [1.165, 1.54) is 11.3 Å². The largest absolute Gasteiger partial charge is 0.409 e. The van der Waals surface area contributed by atoms with Gasteiger partial charge in [-0.2, -0.15) is 0 Å². The van der Waals surface area contributed by atoms with Crippen LogP contribution in [-0.4, -0.2) is 39.9 Å². The van der Waals surface area contributed by atoms with Crippen LogP contribution in [0.25, 0.3) is 0 Å². The van der Waals surface area contributed by atoms with E-state index in [4.69, 9.17) is 10.9 Å². The van der Waals surface area contributed by atoms with Gasteiger partial charge in [0.15, 0.2) is 0 Å². The van der Waals surface area contributed by atoms with E-state index >= 15 is 0 Å². The molecule has 2 heterocycles. The molecular weight excluding hydrogens is 252 g/mol. The molecule has 0 aliphatic carbocycles. The number of carbonyl (C=O) groups excluding carboxylic acids is 1. The molecular formula is C11H16N4O2S. The van der Waals surface area contributed by atoms with Gasteiger partial charge in [0, 0.05) is 19.0 Å². The van der Waals surface area contributed by atoms with Crippen LogP contribution in [0.4, 0.5) is 0 Å². The molecule has 0 aromatic carbocycles. The molecule has 18 heavy (non-hydrogen) atoms. The molecule has 0 unspecified atom stereocenters. The molecule has 0 atom stereocenters. The Labute approximate surface area is 109 Å². The molecule has 98 valence electrons. The molecule has 7 heteroatoms. The van der Waals surface area contributed by atoms with Crippen LogP contribution in [0.5, 0.6) is 0 Å². The van der Waals surface area contributed by atoms with Crippen LogP contribution in [0.1, 0.15) is 28.2 Å². The van der Waals surface area contributed by atoms with Crippen molar-refractivity contribution in [1.29, 1.82) is 0 Å². The van der Waals surface area contributed by atoms with E-state index < -0.39 is 0 Å². The Hall–Kier alpha value is -1.63. The summed E-state index contributed by atoms with van der Waals surface area (Å²) in [7, 11) is 0. The predicted octanol–water partition coefficient (Wildman–Crippen LogP) is 1.05. The number of thiazole rings is 1. The van der Waals surface area contributed by atoms with Gasteiger partial charge in [-0.25, -0.2) is 4.98 Å². The Morgan fingerprint density at radius 1 is 1.61 bits per heavy atom. The smallest absolute Gasteiger partial charge is 0.265 e. The fourth-order valence-electron chi connectivity index (χ4n) is 2.11. The van der Waals surface area contributed by atoms with Gasteiger partial charge >= 0.3 is 0 Å². The van der Waals surface area contributed by atoms with E-state index in [1.807, 2.05) is 11.8 Å². The van der Waals surface area contributed by atoms with Crippen LogP contribution in [0.3, 0.4) is 0 Å². The van der Waals surface area contributed by atoms with Crippen molar-refractivity contribution >= 4 is 23.1 Å². The second kappa shape index (κ2) is 5.34. The van der Waals surface area contributed by atoms with E-state index in [-0.39, 0.29) is 17.7 Å². The third kappa shape index (κ3) is 2.45. The predicted molar refractivity (Wildman–Crippen MR) is 68.9 cm³/mol. The summed E-state index contributed by atoms with van der Waals surface area (Å²) in [6, 6.07) is 0. The normalized spacial score (nSPS) is 18.1. The molecule has 3 N–H and O–H groups in total. The molecule has 1 aromatic heterocycles. The van der Waals surface area contributed by atoms with Crippen LogP contribution in [-0.2, 0) is 0 Å². The summed E-state index contributed by atoms with van der Waals surface area (Å²) in [4.78, 5) is 18.8. The summed E-state index contributed by atoms with van der Waals surface area (Å²) in [5.41, 5.74) is 8.04. The van der Waals surface area contributed by atoms with Crippen molar-refractivity contribution in [1.82, 2.24) is 9.88 Å². The number of amidine groups is 1. The lowest BCUT2D eigenvalue weighted by Crippen LogP contribution is -2.41. The van der Waals surface area contributed by atoms with E-state index in [0.717, 1.165) is 18.5 Å². The molecule has 0 radical (unpaired) electrons. The van der Waals surface area contributed by atoms with Gasteiger partial charge in [0.1, 0.15) is 10.7 Å². The number of likely N-dealkylation sites (tertiary alicyclic amines) is 1. The van der Waals surface area contributed by atoms with E-state index in [0.29, 0.717) is 18.0 Å². The molecule has 6 nitrogen and oxygen atoms in total. The number of aryl methyl sites for hydroxylation is 1. The van der Waals surface area contributed by atoms with Crippen LogP contribution >= 0.6 is 11.3 Å². The summed E-state index contributed by atoms with van der Waals surface area (Å²) in [5, 5.41) is 11.7. The highest BCUT2D eigenvalue weighted by Crippen LogP contribution is 2.21. The molecule has 0 bridgehead atoms. The number of rotatable bonds is 2. The van der Waals surface area contributed by atoms with Gasteiger partial charge in [-0.15, -0.1) is 11.3 Å². The Morgan fingerprint density at radius 3 is 2.78 bits per heavy atom. The van der Waals surface area contributed by atoms with Crippen molar-refractivity contribution < 1.29 is 10.0 Å². The summed E-state index contributed by atoms with van der Waals surface area (Å²) in [6.07, 6.45) is 1.47. The summed E-state index contributed by atoms with van der Waals surface area (Å²) >= 11 is 1.37. The van der Waals surface area contributed by atoms with Crippen LogP contribution in [0.2, 0.25) is 0 Å². The Kier molecular flexibility index (Phi) is 3.81. The minimum absolute atomic E-state index is 0.0351. The van der Waals surface area contributed by atoms with Crippen molar-refractivity contribution in [3.63, 3.8) is 0 Å². The molecule has 1 aliphatic heterocycles. The number of oxime groups is 1. The molecule has 1 aliphatic rings. The first-order chi connectivity index (χ1) is 8.63. The molecule has 1 aromatic rings. The number of hydrogen-bond acceptors (Lipinski definition) is 5. The van der Waals surface area contributed by atoms with E-state index in [1.54, 1.807) is 5.51 Å². The number of amides is 1. The van der Waals surface area contributed by atoms with Gasteiger partial charge in [0.05, 0.1) is 11.2 Å². The molecule has 0 spiro atoms. The van der Waals surface area contributed by atoms with Crippen molar-refractivity contribution in [3.05, 3.63) is 16.1 Å². The quantitative estimate of drug-likeness (QED) is 0.363. The standard InChI is InChI=1S/C11H16N4O2S/c1-7-9(18-6-13-7)11(16)15-4-2-8(3-5-15)10(12)14-17/h6,8,17H,2-5H2,1H3,(H2,12,14). The number of piperidine rings is 1. The number of carbonyl (C=O) groups is 1. The maximum atomic E-state index is 12.2. The molecule has 2 rings (SSSR count). The fraction of sp³-hybridized carbons (Fsp3) is 0.545. The first-order valence-corrected chi connectivity index (χ1v) is 6.68. The minimum atomic E-state index is 0.0351. The number of aromatic nitrogens is 1. The van der Waals surface area contributed by atoms with Crippen molar-refractivity contribution in [2.45, 2.75) is 19.8 Å². The van der Waals surface area contributed by atoms with E-state index in [9.17, 15) is 4.79 Å². The summed E-state index contributed by atoms with van der Waals surface area (Å²) < 4.78 is 0. The second-order valence-corrected chi connectivity index (χ2v) is 5.21. The Morgan fingerprint density at radius 2 is 2.28 bits per heavy atom. The lowest BCUT2D eigenvalue weighted by atomic mass is 9.96. The SMILES string of the molecule is Cc1ncsc1C(=O)N1CCC(C(N)=NO)CC1. The average Bonchev–Trinajstić information content (AvgIpc) is 2.83. The molecule has 1 amide bonds. The monoisotopic (exact) mass is 268 g/mol. The maximum absolute atomic E-state index is 12.2. The number of nitrogens with zero attached hydrogens (tertiary/aromatic N) is 3. The van der Waals surface area contributed by atoms with Gasteiger partial charge in [-0.05, 0) is 19.8 Å². The Balaban J connectivity index is 1.98. The van der Waals surface area contributed by atoms with Crippen LogP contribution in [0.15, 0.2) is 10.7 Å². The van der Waals surface area contributed by atoms with Crippen molar-refractivity contribution in [2.75, 3.05) is 13.1 Å². The first kappa shape index (κ1) is 12.8. The zero-order valence-electron chi connectivity index (χ0n) is 10.2. The van der Waals surface area contributed by atoms with Crippen LogP contribution < -0.4 is 5.73 Å². The highest BCUT2D eigenvalue weighted by Gasteiger charge is 2.27. The number of nitrogens with two attached hydrogens (primary N) is 1. The lowest BCUT2D eigenvalue weighted by Gasteiger charge is -2.31. The highest BCUT2D eigenvalue weighted by atomic mass is 32.1. The second-order valence-electron chi connectivity index (χ2n) is 4.36. The topological polar surface area (TPSA) is 91.8 Å². The first-order valence-electron chi connectivity index (χ1n) is 5.80. The maximum Gasteiger partial charge on any atom is 0.265 e.